The lowest BCUT2D eigenvalue weighted by Crippen LogP contribution is -1.99. The summed E-state index contributed by atoms with van der Waals surface area (Å²) in [6, 6.07) is 4.46. The summed E-state index contributed by atoms with van der Waals surface area (Å²) in [4.78, 5) is 18.1. The summed E-state index contributed by atoms with van der Waals surface area (Å²) in [6.45, 7) is 0. The van der Waals surface area contributed by atoms with Gasteiger partial charge in [0.2, 0.25) is 11.6 Å². The SMILES string of the molecule is N#Cc1cc(I)c(Oc2ncnc(Cl)c2Br)c([N+](=O)[O-])c1. The normalized spacial score (nSPS) is 10.0. The second-order valence-corrected chi connectivity index (χ2v) is 5.87. The molecule has 0 spiro atoms. The van der Waals surface area contributed by atoms with Gasteiger partial charge >= 0.3 is 5.69 Å². The number of rotatable bonds is 3. The Kier molecular flexibility index (Phi) is 4.92. The Morgan fingerprint density at radius 3 is 2.81 bits per heavy atom. The van der Waals surface area contributed by atoms with Gasteiger partial charge in [-0.15, -0.1) is 0 Å². The van der Waals surface area contributed by atoms with E-state index in [1.54, 1.807) is 0 Å². The van der Waals surface area contributed by atoms with Gasteiger partial charge in [0.1, 0.15) is 10.8 Å². The van der Waals surface area contributed by atoms with E-state index in [1.807, 2.05) is 28.7 Å². The Morgan fingerprint density at radius 2 is 2.19 bits per heavy atom. The minimum Gasteiger partial charge on any atom is -0.429 e. The Balaban J connectivity index is 2.56. The monoisotopic (exact) mass is 480 g/mol. The van der Waals surface area contributed by atoms with Crippen LogP contribution in [-0.4, -0.2) is 14.9 Å². The first-order valence-corrected chi connectivity index (χ1v) is 7.41. The second-order valence-electron chi connectivity index (χ2n) is 3.56. The van der Waals surface area contributed by atoms with Gasteiger partial charge in [0, 0.05) is 6.07 Å². The molecule has 0 saturated heterocycles. The largest absolute Gasteiger partial charge is 0.429 e. The average molecular weight is 481 g/mol. The quantitative estimate of drug-likeness (QED) is 0.284. The molecule has 10 heteroatoms. The van der Waals surface area contributed by atoms with Gasteiger partial charge in [-0.25, -0.2) is 9.97 Å². The van der Waals surface area contributed by atoms with Gasteiger partial charge in [-0.05, 0) is 44.6 Å². The standard InChI is InChI=1S/C11H3BrClIN4O3/c12-8-10(13)16-4-17-11(8)21-9-6(14)1-5(3-15)2-7(9)18(19)20/h1-2,4H. The zero-order valence-electron chi connectivity index (χ0n) is 9.88. The summed E-state index contributed by atoms with van der Waals surface area (Å²) in [5, 5.41) is 20.1. The number of nitro benzene ring substituents is 1. The first kappa shape index (κ1) is 15.9. The third-order valence-electron chi connectivity index (χ3n) is 2.26. The Morgan fingerprint density at radius 1 is 1.48 bits per heavy atom. The molecule has 0 unspecified atom stereocenters. The summed E-state index contributed by atoms with van der Waals surface area (Å²) in [5.41, 5.74) is -0.168. The lowest BCUT2D eigenvalue weighted by molar-refractivity contribution is -0.385. The molecule has 0 atom stereocenters. The van der Waals surface area contributed by atoms with Gasteiger partial charge in [-0.1, -0.05) is 11.6 Å². The first-order chi connectivity index (χ1) is 9.93. The third kappa shape index (κ3) is 3.39. The van der Waals surface area contributed by atoms with Crippen molar-refractivity contribution in [3.8, 4) is 17.7 Å². The number of nitro groups is 1. The molecule has 2 rings (SSSR count). The van der Waals surface area contributed by atoms with Crippen molar-refractivity contribution in [3.05, 3.63) is 47.3 Å². The number of hydrogen-bond donors (Lipinski definition) is 0. The van der Waals surface area contributed by atoms with E-state index in [1.165, 1.54) is 12.4 Å². The molecule has 0 bridgehead atoms. The minimum atomic E-state index is -0.630. The highest BCUT2D eigenvalue weighted by atomic mass is 127. The molecule has 1 aromatic heterocycles. The number of benzene rings is 1. The molecule has 0 radical (unpaired) electrons. The van der Waals surface area contributed by atoms with Crippen LogP contribution in [0.4, 0.5) is 5.69 Å². The number of halogens is 3. The lowest BCUT2D eigenvalue weighted by atomic mass is 10.2. The summed E-state index contributed by atoms with van der Waals surface area (Å²) in [6.07, 6.45) is 1.17. The van der Waals surface area contributed by atoms with E-state index in [-0.39, 0.29) is 32.5 Å². The van der Waals surface area contributed by atoms with Crippen LogP contribution in [0.15, 0.2) is 22.9 Å². The van der Waals surface area contributed by atoms with E-state index < -0.39 is 4.92 Å². The lowest BCUT2D eigenvalue weighted by Gasteiger charge is -2.09. The number of hydrogen-bond acceptors (Lipinski definition) is 6. The van der Waals surface area contributed by atoms with Crippen LogP contribution in [0.25, 0.3) is 0 Å². The highest BCUT2D eigenvalue weighted by molar-refractivity contribution is 14.1. The highest BCUT2D eigenvalue weighted by Crippen LogP contribution is 2.39. The van der Waals surface area contributed by atoms with Crippen LogP contribution in [0.3, 0.4) is 0 Å². The molecule has 21 heavy (non-hydrogen) atoms. The summed E-state index contributed by atoms with van der Waals surface area (Å²) in [7, 11) is 0. The van der Waals surface area contributed by atoms with Crippen LogP contribution in [-0.2, 0) is 0 Å². The van der Waals surface area contributed by atoms with Gasteiger partial charge in [0.15, 0.2) is 5.15 Å². The van der Waals surface area contributed by atoms with E-state index in [2.05, 4.69) is 25.9 Å². The Labute approximate surface area is 145 Å². The van der Waals surface area contributed by atoms with Crippen molar-refractivity contribution in [1.29, 1.82) is 5.26 Å². The van der Waals surface area contributed by atoms with E-state index in [4.69, 9.17) is 21.6 Å². The van der Waals surface area contributed by atoms with Crippen molar-refractivity contribution >= 4 is 55.8 Å². The zero-order chi connectivity index (χ0) is 15.6. The first-order valence-electron chi connectivity index (χ1n) is 5.16. The third-order valence-corrected chi connectivity index (χ3v) is 4.29. The van der Waals surface area contributed by atoms with Gasteiger partial charge in [0.25, 0.3) is 0 Å². The molecule has 106 valence electrons. The Hall–Kier alpha value is -1.51. The average Bonchev–Trinajstić information content (AvgIpc) is 2.45. The fourth-order valence-corrected chi connectivity index (χ4v) is 2.51. The van der Waals surface area contributed by atoms with Crippen molar-refractivity contribution in [1.82, 2.24) is 9.97 Å². The topological polar surface area (TPSA) is 102 Å². The minimum absolute atomic E-state index is 0.0185. The number of nitrogens with zero attached hydrogens (tertiary/aromatic N) is 4. The smallest absolute Gasteiger partial charge is 0.314 e. The Bertz CT molecular complexity index is 781. The summed E-state index contributed by atoms with van der Waals surface area (Å²) >= 11 is 10.8. The maximum atomic E-state index is 11.1. The molecule has 0 N–H and O–H groups in total. The molecule has 0 aliphatic rings. The van der Waals surface area contributed by atoms with Crippen molar-refractivity contribution in [3.63, 3.8) is 0 Å². The molecule has 0 aliphatic heterocycles. The fraction of sp³-hybridized carbons (Fsp3) is 0. The highest BCUT2D eigenvalue weighted by Gasteiger charge is 2.23. The number of aromatic nitrogens is 2. The molecule has 7 nitrogen and oxygen atoms in total. The van der Waals surface area contributed by atoms with Crippen LogP contribution in [0.5, 0.6) is 11.6 Å². The molecule has 2 aromatic rings. The van der Waals surface area contributed by atoms with Crippen molar-refractivity contribution < 1.29 is 9.66 Å². The van der Waals surface area contributed by atoms with Crippen molar-refractivity contribution in [2.24, 2.45) is 0 Å². The molecule has 0 aliphatic carbocycles. The predicted molar refractivity (Wildman–Crippen MR) is 85.3 cm³/mol. The van der Waals surface area contributed by atoms with Crippen LogP contribution in [0.2, 0.25) is 5.15 Å². The van der Waals surface area contributed by atoms with Gasteiger partial charge < -0.3 is 4.74 Å². The number of nitriles is 1. The molecular formula is C11H3BrClIN4O3. The zero-order valence-corrected chi connectivity index (χ0v) is 14.4. The van der Waals surface area contributed by atoms with E-state index >= 15 is 0 Å². The van der Waals surface area contributed by atoms with E-state index in [0.717, 1.165) is 6.07 Å². The number of ether oxygens (including phenoxy) is 1. The van der Waals surface area contributed by atoms with Crippen molar-refractivity contribution in [2.45, 2.75) is 0 Å². The maximum Gasteiger partial charge on any atom is 0.314 e. The maximum absolute atomic E-state index is 11.1. The summed E-state index contributed by atoms with van der Waals surface area (Å²) in [5.74, 6) is 0.0239. The van der Waals surface area contributed by atoms with Crippen LogP contribution in [0, 0.1) is 25.0 Å². The van der Waals surface area contributed by atoms with Crippen LogP contribution in [0.1, 0.15) is 5.56 Å². The summed E-state index contributed by atoms with van der Waals surface area (Å²) < 4.78 is 6.15. The predicted octanol–water partition coefficient (Wildman–Crippen LogP) is 4.07. The molecule has 0 fully saturated rings. The molecule has 0 amide bonds. The molecule has 1 heterocycles. The fourth-order valence-electron chi connectivity index (χ4n) is 1.38. The van der Waals surface area contributed by atoms with Gasteiger partial charge in [-0.2, -0.15) is 5.26 Å². The second kappa shape index (κ2) is 6.50. The van der Waals surface area contributed by atoms with Crippen molar-refractivity contribution in [2.75, 3.05) is 0 Å². The van der Waals surface area contributed by atoms with Gasteiger partial charge in [-0.3, -0.25) is 10.1 Å². The molecular weight excluding hydrogens is 478 g/mol. The van der Waals surface area contributed by atoms with E-state index in [0.29, 0.717) is 3.57 Å². The van der Waals surface area contributed by atoms with Crippen LogP contribution >= 0.6 is 50.1 Å². The molecule has 1 aromatic carbocycles. The molecule has 0 saturated carbocycles. The van der Waals surface area contributed by atoms with E-state index in [9.17, 15) is 10.1 Å². The van der Waals surface area contributed by atoms with Crippen LogP contribution < -0.4 is 4.74 Å². The van der Waals surface area contributed by atoms with Gasteiger partial charge in [0.05, 0.1) is 20.1 Å².